The lowest BCUT2D eigenvalue weighted by atomic mass is 10.1. The molecule has 104 valence electrons. The normalized spacial score (nSPS) is 25.6. The van der Waals surface area contributed by atoms with Gasteiger partial charge >= 0.3 is 0 Å². The summed E-state index contributed by atoms with van der Waals surface area (Å²) in [6.45, 7) is 1.73. The predicted octanol–water partition coefficient (Wildman–Crippen LogP) is 2.84. The Kier molecular flexibility index (Phi) is 4.87. The number of benzene rings is 1. The van der Waals surface area contributed by atoms with Crippen molar-refractivity contribution in [2.75, 3.05) is 13.1 Å². The molecule has 2 saturated heterocycles. The zero-order valence-electron chi connectivity index (χ0n) is 10.6. The van der Waals surface area contributed by atoms with E-state index in [0.717, 1.165) is 29.5 Å². The molecular formula is C14H18BrClN2O. The fourth-order valence-electron chi connectivity index (χ4n) is 2.90. The molecular weight excluding hydrogens is 328 g/mol. The Balaban J connectivity index is 0.00000133. The molecule has 1 aromatic carbocycles. The number of carbonyl (C=O) groups excluding carboxylic acids is 1. The second-order valence-corrected chi connectivity index (χ2v) is 6.10. The lowest BCUT2D eigenvalue weighted by molar-refractivity contribution is 0.0748. The van der Waals surface area contributed by atoms with Crippen LogP contribution in [0.15, 0.2) is 28.7 Å². The number of rotatable bonds is 1. The van der Waals surface area contributed by atoms with Gasteiger partial charge in [-0.05, 0) is 43.5 Å². The third kappa shape index (κ3) is 3.30. The molecule has 5 heteroatoms. The van der Waals surface area contributed by atoms with Crippen LogP contribution in [0.4, 0.5) is 0 Å². The number of amides is 1. The molecule has 1 N–H and O–H groups in total. The summed E-state index contributed by atoms with van der Waals surface area (Å²) in [5.74, 6) is 0.164. The van der Waals surface area contributed by atoms with E-state index in [1.54, 1.807) is 0 Å². The largest absolute Gasteiger partial charge is 0.337 e. The summed E-state index contributed by atoms with van der Waals surface area (Å²) in [4.78, 5) is 14.4. The van der Waals surface area contributed by atoms with Crippen LogP contribution in [0.2, 0.25) is 0 Å². The third-order valence-electron chi connectivity index (χ3n) is 3.90. The van der Waals surface area contributed by atoms with Crippen LogP contribution in [0.5, 0.6) is 0 Å². The fraction of sp³-hybridized carbons (Fsp3) is 0.500. The smallest absolute Gasteiger partial charge is 0.253 e. The first-order valence-electron chi connectivity index (χ1n) is 6.53. The summed E-state index contributed by atoms with van der Waals surface area (Å²) < 4.78 is 1.01. The Labute approximate surface area is 128 Å². The van der Waals surface area contributed by atoms with E-state index < -0.39 is 0 Å². The highest BCUT2D eigenvalue weighted by Gasteiger charge is 2.31. The Morgan fingerprint density at radius 1 is 1.16 bits per heavy atom. The minimum absolute atomic E-state index is 0. The lowest BCUT2D eigenvalue weighted by Crippen LogP contribution is -2.39. The maximum Gasteiger partial charge on any atom is 0.253 e. The molecule has 2 unspecified atom stereocenters. The van der Waals surface area contributed by atoms with Crippen LogP contribution in [0.1, 0.15) is 29.6 Å². The fourth-order valence-corrected chi connectivity index (χ4v) is 3.17. The van der Waals surface area contributed by atoms with E-state index in [1.807, 2.05) is 29.2 Å². The average Bonchev–Trinajstić information content (AvgIpc) is 2.69. The first kappa shape index (κ1) is 14.8. The maximum absolute atomic E-state index is 12.4. The number of likely N-dealkylation sites (tertiary alicyclic amines) is 1. The summed E-state index contributed by atoms with van der Waals surface area (Å²) in [7, 11) is 0. The number of nitrogens with one attached hydrogen (secondary N) is 1. The van der Waals surface area contributed by atoms with E-state index in [-0.39, 0.29) is 18.3 Å². The highest BCUT2D eigenvalue weighted by Crippen LogP contribution is 2.22. The quantitative estimate of drug-likeness (QED) is 0.849. The van der Waals surface area contributed by atoms with Crippen LogP contribution in [-0.2, 0) is 0 Å². The lowest BCUT2D eigenvalue weighted by Gasteiger charge is -2.24. The number of hydrogen-bond acceptors (Lipinski definition) is 2. The molecule has 2 aliphatic rings. The minimum atomic E-state index is 0. The van der Waals surface area contributed by atoms with Crippen molar-refractivity contribution in [3.05, 3.63) is 34.3 Å². The van der Waals surface area contributed by atoms with Gasteiger partial charge in [-0.15, -0.1) is 12.4 Å². The molecule has 2 fully saturated rings. The molecule has 0 aliphatic carbocycles. The first-order chi connectivity index (χ1) is 8.72. The van der Waals surface area contributed by atoms with E-state index in [0.29, 0.717) is 12.1 Å². The van der Waals surface area contributed by atoms with Gasteiger partial charge in [0.25, 0.3) is 5.91 Å². The van der Waals surface area contributed by atoms with Crippen molar-refractivity contribution in [3.8, 4) is 0 Å². The Morgan fingerprint density at radius 3 is 2.58 bits per heavy atom. The van der Waals surface area contributed by atoms with Crippen LogP contribution >= 0.6 is 28.3 Å². The zero-order valence-corrected chi connectivity index (χ0v) is 13.0. The topological polar surface area (TPSA) is 32.3 Å². The molecule has 0 saturated carbocycles. The molecule has 2 bridgehead atoms. The Morgan fingerprint density at radius 2 is 1.84 bits per heavy atom. The molecule has 2 atom stereocenters. The summed E-state index contributed by atoms with van der Waals surface area (Å²) in [5.41, 5.74) is 0.788. The van der Waals surface area contributed by atoms with Crippen LogP contribution < -0.4 is 5.32 Å². The summed E-state index contributed by atoms with van der Waals surface area (Å²) in [5, 5.41) is 3.60. The Bertz CT molecular complexity index is 451. The SMILES string of the molecule is Cl.O=C(c1ccc(Br)cc1)N1CCC2CCC(C1)N2. The highest BCUT2D eigenvalue weighted by atomic mass is 79.9. The van der Waals surface area contributed by atoms with Crippen molar-refractivity contribution in [3.63, 3.8) is 0 Å². The second-order valence-electron chi connectivity index (χ2n) is 5.18. The van der Waals surface area contributed by atoms with Gasteiger partial charge in [0.15, 0.2) is 0 Å². The van der Waals surface area contributed by atoms with Crippen LogP contribution in [-0.4, -0.2) is 36.0 Å². The van der Waals surface area contributed by atoms with Crippen molar-refractivity contribution in [1.82, 2.24) is 10.2 Å². The van der Waals surface area contributed by atoms with Crippen molar-refractivity contribution in [2.45, 2.75) is 31.3 Å². The van der Waals surface area contributed by atoms with Crippen LogP contribution in [0, 0.1) is 0 Å². The van der Waals surface area contributed by atoms with E-state index in [1.165, 1.54) is 12.8 Å². The molecule has 0 aromatic heterocycles. The molecule has 1 aromatic rings. The summed E-state index contributed by atoms with van der Waals surface area (Å²) in [6.07, 6.45) is 3.55. The van der Waals surface area contributed by atoms with Crippen molar-refractivity contribution < 1.29 is 4.79 Å². The minimum Gasteiger partial charge on any atom is -0.337 e. The zero-order chi connectivity index (χ0) is 12.5. The van der Waals surface area contributed by atoms with Gasteiger partial charge < -0.3 is 10.2 Å². The van der Waals surface area contributed by atoms with Gasteiger partial charge in [-0.3, -0.25) is 4.79 Å². The number of hydrogen-bond donors (Lipinski definition) is 1. The van der Waals surface area contributed by atoms with Crippen LogP contribution in [0.25, 0.3) is 0 Å². The van der Waals surface area contributed by atoms with E-state index in [4.69, 9.17) is 0 Å². The van der Waals surface area contributed by atoms with Crippen molar-refractivity contribution in [2.24, 2.45) is 0 Å². The summed E-state index contributed by atoms with van der Waals surface area (Å²) in [6, 6.07) is 8.76. The van der Waals surface area contributed by atoms with Crippen molar-refractivity contribution >= 4 is 34.2 Å². The van der Waals surface area contributed by atoms with E-state index in [2.05, 4.69) is 21.2 Å². The average molecular weight is 346 g/mol. The van der Waals surface area contributed by atoms with Gasteiger partial charge in [0.2, 0.25) is 0 Å². The van der Waals surface area contributed by atoms with Crippen molar-refractivity contribution in [1.29, 1.82) is 0 Å². The third-order valence-corrected chi connectivity index (χ3v) is 4.43. The molecule has 2 aliphatic heterocycles. The number of nitrogens with zero attached hydrogens (tertiary/aromatic N) is 1. The highest BCUT2D eigenvalue weighted by molar-refractivity contribution is 9.10. The number of halogens is 2. The summed E-state index contributed by atoms with van der Waals surface area (Å²) >= 11 is 3.39. The molecule has 1 amide bonds. The number of fused-ring (bicyclic) bond motifs is 2. The van der Waals surface area contributed by atoms with Gasteiger partial charge in [0, 0.05) is 35.2 Å². The van der Waals surface area contributed by atoms with Gasteiger partial charge in [-0.2, -0.15) is 0 Å². The molecule has 2 heterocycles. The maximum atomic E-state index is 12.4. The molecule has 19 heavy (non-hydrogen) atoms. The monoisotopic (exact) mass is 344 g/mol. The van der Waals surface area contributed by atoms with E-state index in [9.17, 15) is 4.79 Å². The first-order valence-corrected chi connectivity index (χ1v) is 7.32. The number of carbonyl (C=O) groups is 1. The van der Waals surface area contributed by atoms with Gasteiger partial charge in [0.1, 0.15) is 0 Å². The van der Waals surface area contributed by atoms with Gasteiger partial charge in [-0.1, -0.05) is 15.9 Å². The van der Waals surface area contributed by atoms with Gasteiger partial charge in [0.05, 0.1) is 0 Å². The van der Waals surface area contributed by atoms with E-state index >= 15 is 0 Å². The standard InChI is InChI=1S/C14H17BrN2O.ClH/c15-11-3-1-10(2-4-11)14(18)17-8-7-12-5-6-13(9-17)16-12;/h1-4,12-13,16H,5-9H2;1H. The Hall–Kier alpha value is -0.580. The van der Waals surface area contributed by atoms with Crippen LogP contribution in [0.3, 0.4) is 0 Å². The predicted molar refractivity (Wildman–Crippen MR) is 81.9 cm³/mol. The molecule has 0 radical (unpaired) electrons. The molecule has 3 nitrogen and oxygen atoms in total. The second kappa shape index (κ2) is 6.25. The van der Waals surface area contributed by atoms with Gasteiger partial charge in [-0.25, -0.2) is 0 Å². The molecule has 3 rings (SSSR count). The molecule has 0 spiro atoms.